The second-order valence-electron chi connectivity index (χ2n) is 12.1. The van der Waals surface area contributed by atoms with E-state index >= 15 is 0 Å². The number of alkyl halides is 2. The van der Waals surface area contributed by atoms with E-state index in [1.165, 1.54) is 46.7 Å². The topological polar surface area (TPSA) is 134 Å². The minimum absolute atomic E-state index is 0.136. The van der Waals surface area contributed by atoms with Crippen molar-refractivity contribution in [3.8, 4) is 23.1 Å². The number of carbonyl (C=O) groups excluding carboxylic acids is 1. The smallest absolute Gasteiger partial charge is 0.387 e. The Kier molecular flexibility index (Phi) is 8.65. The molecule has 1 aliphatic carbocycles. The summed E-state index contributed by atoms with van der Waals surface area (Å²) in [7, 11) is 0. The van der Waals surface area contributed by atoms with Gasteiger partial charge in [-0.1, -0.05) is 42.2 Å². The monoisotopic (exact) mass is 654 g/mol. The maximum absolute atomic E-state index is 13.5. The number of benzene rings is 1. The van der Waals surface area contributed by atoms with Crippen LogP contribution >= 0.6 is 22.9 Å². The molecule has 4 aromatic rings. The normalized spacial score (nSPS) is 21.5. The summed E-state index contributed by atoms with van der Waals surface area (Å²) in [5.41, 5.74) is 6.84. The first-order valence-electron chi connectivity index (χ1n) is 14.9. The van der Waals surface area contributed by atoms with Crippen molar-refractivity contribution in [1.29, 1.82) is 5.26 Å². The summed E-state index contributed by atoms with van der Waals surface area (Å²) in [5, 5.41) is 18.2. The van der Waals surface area contributed by atoms with Crippen LogP contribution in [-0.4, -0.2) is 44.3 Å². The predicted molar refractivity (Wildman–Crippen MR) is 169 cm³/mol. The summed E-state index contributed by atoms with van der Waals surface area (Å²) >= 11 is 7.49. The van der Waals surface area contributed by atoms with E-state index in [4.69, 9.17) is 27.1 Å². The van der Waals surface area contributed by atoms with Gasteiger partial charge in [-0.3, -0.25) is 4.79 Å². The molecule has 45 heavy (non-hydrogen) atoms. The number of aromatic nitrogens is 4. The largest absolute Gasteiger partial charge is 0.434 e. The molecule has 2 fully saturated rings. The van der Waals surface area contributed by atoms with Crippen LogP contribution in [0.25, 0.3) is 16.9 Å². The Bertz CT molecular complexity index is 1750. The Morgan fingerprint density at radius 1 is 1.33 bits per heavy atom. The van der Waals surface area contributed by atoms with Gasteiger partial charge in [0.1, 0.15) is 22.0 Å². The molecule has 2 aliphatic rings. The lowest BCUT2D eigenvalue weighted by Crippen LogP contribution is -2.59. The highest BCUT2D eigenvalue weighted by Gasteiger charge is 2.42. The maximum Gasteiger partial charge on any atom is 0.387 e. The number of nitrogens with one attached hydrogen (secondary N) is 1. The molecule has 1 aromatic carbocycles. The van der Waals surface area contributed by atoms with Gasteiger partial charge in [0.05, 0.1) is 23.3 Å². The molecule has 1 amide bonds. The highest BCUT2D eigenvalue weighted by Crippen LogP contribution is 2.48. The Hall–Kier alpha value is -3.86. The third-order valence-electron chi connectivity index (χ3n) is 8.82. The first-order chi connectivity index (χ1) is 21.6. The van der Waals surface area contributed by atoms with Crippen LogP contribution in [0, 0.1) is 22.7 Å². The van der Waals surface area contributed by atoms with Gasteiger partial charge in [-0.05, 0) is 69.2 Å². The molecule has 0 spiro atoms. The number of nitrogens with zero attached hydrogens (tertiary/aromatic N) is 6. The first-order valence-corrected chi connectivity index (χ1v) is 16.1. The summed E-state index contributed by atoms with van der Waals surface area (Å²) in [6.07, 6.45) is 12.1. The zero-order chi connectivity index (χ0) is 31.8. The molecule has 1 saturated carbocycles. The molecular weight excluding hydrogens is 622 g/mol. The van der Waals surface area contributed by atoms with Crippen LogP contribution in [-0.2, 0) is 0 Å². The number of amides is 1. The van der Waals surface area contributed by atoms with Crippen molar-refractivity contribution in [3.05, 3.63) is 53.4 Å². The number of fused-ring (bicyclic) bond motifs is 1. The molecule has 6 rings (SSSR count). The van der Waals surface area contributed by atoms with Crippen LogP contribution in [0.4, 0.5) is 18.9 Å². The number of anilines is 2. The molecule has 10 nitrogen and oxygen atoms in total. The average molecular weight is 655 g/mol. The minimum atomic E-state index is -3.09. The number of piperidine rings is 1. The third-order valence-corrected chi connectivity index (χ3v) is 10.0. The first kappa shape index (κ1) is 31.1. The van der Waals surface area contributed by atoms with E-state index in [9.17, 15) is 18.8 Å². The van der Waals surface area contributed by atoms with Crippen molar-refractivity contribution in [3.63, 3.8) is 0 Å². The molecule has 236 valence electrons. The summed E-state index contributed by atoms with van der Waals surface area (Å²) in [5.74, 6) is -0.361. The van der Waals surface area contributed by atoms with E-state index in [0.717, 1.165) is 38.5 Å². The molecule has 1 saturated heterocycles. The molecule has 3 N–H and O–H groups in total. The lowest BCUT2D eigenvalue weighted by atomic mass is 9.67. The standard InChI is InChI=1S/C31H33ClF2N8O2S/c1-30(36)15-19(16-31(18-35)9-3-2-4-10-31)8-13-41(30)29-39-24(21-14-20(32)6-7-23(21)44-28(33)34)27(45-29)40-26(43)22-17-38-42-12-5-11-37-25(22)42/h5-7,11-12,14,17,19,28H,2-4,8-10,13,15-16,36H2,1H3,(H,40,43). The van der Waals surface area contributed by atoms with Gasteiger partial charge < -0.3 is 20.7 Å². The molecule has 0 bridgehead atoms. The van der Waals surface area contributed by atoms with Crippen LogP contribution in [0.3, 0.4) is 0 Å². The molecule has 2 unspecified atom stereocenters. The summed E-state index contributed by atoms with van der Waals surface area (Å²) in [6, 6.07) is 8.60. The molecule has 2 atom stereocenters. The van der Waals surface area contributed by atoms with Gasteiger partial charge in [-0.25, -0.2) is 14.5 Å². The van der Waals surface area contributed by atoms with E-state index in [2.05, 4.69) is 21.5 Å². The van der Waals surface area contributed by atoms with E-state index in [-0.39, 0.29) is 38.9 Å². The van der Waals surface area contributed by atoms with Crippen molar-refractivity contribution >= 4 is 44.6 Å². The second-order valence-corrected chi connectivity index (χ2v) is 13.5. The van der Waals surface area contributed by atoms with Crippen molar-refractivity contribution in [2.45, 2.75) is 70.6 Å². The van der Waals surface area contributed by atoms with E-state index in [1.54, 1.807) is 18.5 Å². The average Bonchev–Trinajstić information content (AvgIpc) is 3.62. The number of hydrogen-bond acceptors (Lipinski definition) is 9. The van der Waals surface area contributed by atoms with Crippen LogP contribution in [0.1, 0.15) is 68.6 Å². The Labute approximate surface area is 268 Å². The van der Waals surface area contributed by atoms with Gasteiger partial charge in [0.25, 0.3) is 5.91 Å². The zero-order valence-corrected chi connectivity index (χ0v) is 26.3. The highest BCUT2D eigenvalue weighted by atomic mass is 35.5. The number of carbonyl (C=O) groups is 1. The number of ether oxygens (including phenoxy) is 1. The quantitative estimate of drug-likeness (QED) is 0.205. The lowest BCUT2D eigenvalue weighted by Gasteiger charge is -2.47. The zero-order valence-electron chi connectivity index (χ0n) is 24.7. The van der Waals surface area contributed by atoms with Gasteiger partial charge in [0.15, 0.2) is 10.8 Å². The summed E-state index contributed by atoms with van der Waals surface area (Å²) < 4.78 is 33.1. The summed E-state index contributed by atoms with van der Waals surface area (Å²) in [4.78, 5) is 24.6. The third kappa shape index (κ3) is 6.45. The molecule has 4 heterocycles. The van der Waals surface area contributed by atoms with Gasteiger partial charge in [-0.15, -0.1) is 0 Å². The molecule has 1 aliphatic heterocycles. The molecule has 3 aromatic heterocycles. The molecular formula is C31H33ClF2N8O2S. The highest BCUT2D eigenvalue weighted by molar-refractivity contribution is 7.20. The van der Waals surface area contributed by atoms with E-state index in [1.807, 2.05) is 11.8 Å². The molecule has 0 radical (unpaired) electrons. The van der Waals surface area contributed by atoms with Gasteiger partial charge in [0, 0.05) is 29.5 Å². The second kappa shape index (κ2) is 12.5. The maximum atomic E-state index is 13.5. The Morgan fingerprint density at radius 2 is 2.13 bits per heavy atom. The number of thiazole rings is 1. The van der Waals surface area contributed by atoms with Crippen molar-refractivity contribution in [2.75, 3.05) is 16.8 Å². The van der Waals surface area contributed by atoms with Gasteiger partial charge >= 0.3 is 6.61 Å². The number of nitrogens with two attached hydrogens (primary N) is 1. The Morgan fingerprint density at radius 3 is 2.87 bits per heavy atom. The minimum Gasteiger partial charge on any atom is -0.434 e. The Balaban J connectivity index is 1.34. The van der Waals surface area contributed by atoms with Crippen molar-refractivity contribution in [1.82, 2.24) is 19.6 Å². The van der Waals surface area contributed by atoms with Crippen molar-refractivity contribution < 1.29 is 18.3 Å². The SMILES string of the molecule is CC1(N)CC(CC2(C#N)CCCCC2)CCN1c1nc(-c2cc(Cl)ccc2OC(F)F)c(NC(=O)c2cnn3cccnc23)s1. The number of rotatable bonds is 8. The van der Waals surface area contributed by atoms with Crippen LogP contribution in [0.2, 0.25) is 5.02 Å². The van der Waals surface area contributed by atoms with Crippen LogP contribution < -0.4 is 20.7 Å². The fourth-order valence-electron chi connectivity index (χ4n) is 6.73. The lowest BCUT2D eigenvalue weighted by molar-refractivity contribution is -0.0494. The number of hydrogen-bond donors (Lipinski definition) is 2. The molecule has 14 heteroatoms. The summed E-state index contributed by atoms with van der Waals surface area (Å²) in [6.45, 7) is -0.570. The number of halogens is 3. The van der Waals surface area contributed by atoms with E-state index < -0.39 is 18.2 Å². The van der Waals surface area contributed by atoms with Crippen LogP contribution in [0.15, 0.2) is 42.9 Å². The predicted octanol–water partition coefficient (Wildman–Crippen LogP) is 7.12. The fraction of sp³-hybridized carbons (Fsp3) is 0.452. The van der Waals surface area contributed by atoms with Gasteiger partial charge in [0.2, 0.25) is 0 Å². The van der Waals surface area contributed by atoms with E-state index in [0.29, 0.717) is 28.7 Å². The number of nitriles is 1. The fourth-order valence-corrected chi connectivity index (χ4v) is 8.03. The van der Waals surface area contributed by atoms with Crippen LogP contribution in [0.5, 0.6) is 5.75 Å². The van der Waals surface area contributed by atoms with Crippen molar-refractivity contribution in [2.24, 2.45) is 17.1 Å². The van der Waals surface area contributed by atoms with Gasteiger partial charge in [-0.2, -0.15) is 19.1 Å².